The molecule has 2 aliphatic rings. The zero-order chi connectivity index (χ0) is 8.60. The summed E-state index contributed by atoms with van der Waals surface area (Å²) in [5, 5.41) is 3.50. The van der Waals surface area contributed by atoms with Crippen molar-refractivity contribution in [2.24, 2.45) is 17.1 Å². The third kappa shape index (κ3) is 1.50. The monoisotopic (exact) mass is 168 g/mol. The molecule has 2 heteroatoms. The van der Waals surface area contributed by atoms with Crippen molar-refractivity contribution in [3.63, 3.8) is 0 Å². The molecule has 1 aliphatic heterocycles. The second-order valence-corrected chi connectivity index (χ2v) is 4.76. The molecule has 0 bridgehead atoms. The van der Waals surface area contributed by atoms with Gasteiger partial charge < -0.3 is 11.1 Å². The average molecular weight is 168 g/mol. The standard InChI is InChI=1S/C10H20N2/c1-8(11)5-9-6-10(9)3-2-4-12-7-10/h8-9,12H,2-7,11H2,1H3. The van der Waals surface area contributed by atoms with Crippen LogP contribution in [0.5, 0.6) is 0 Å². The van der Waals surface area contributed by atoms with Crippen LogP contribution in [0.2, 0.25) is 0 Å². The summed E-state index contributed by atoms with van der Waals surface area (Å²) in [6, 6.07) is 0.399. The van der Waals surface area contributed by atoms with E-state index >= 15 is 0 Å². The first kappa shape index (κ1) is 8.52. The molecule has 70 valence electrons. The smallest absolute Gasteiger partial charge is 0.00133 e. The summed E-state index contributed by atoms with van der Waals surface area (Å²) in [4.78, 5) is 0. The zero-order valence-electron chi connectivity index (χ0n) is 7.97. The molecule has 1 spiro atoms. The Hall–Kier alpha value is -0.0800. The van der Waals surface area contributed by atoms with Crippen molar-refractivity contribution in [1.29, 1.82) is 0 Å². The minimum Gasteiger partial charge on any atom is -0.328 e. The fourth-order valence-electron chi connectivity index (χ4n) is 2.73. The van der Waals surface area contributed by atoms with E-state index in [1.165, 1.54) is 38.8 Å². The molecular formula is C10H20N2. The van der Waals surface area contributed by atoms with Crippen molar-refractivity contribution in [2.75, 3.05) is 13.1 Å². The average Bonchev–Trinajstić information content (AvgIpc) is 2.63. The first-order valence-electron chi connectivity index (χ1n) is 5.19. The molecule has 2 nitrogen and oxygen atoms in total. The summed E-state index contributed by atoms with van der Waals surface area (Å²) in [6.45, 7) is 4.61. The maximum absolute atomic E-state index is 5.80. The quantitative estimate of drug-likeness (QED) is 0.648. The van der Waals surface area contributed by atoms with E-state index in [1.807, 2.05) is 0 Å². The molecule has 0 amide bonds. The van der Waals surface area contributed by atoms with E-state index in [1.54, 1.807) is 0 Å². The molecule has 0 aromatic rings. The van der Waals surface area contributed by atoms with Gasteiger partial charge in [0.1, 0.15) is 0 Å². The van der Waals surface area contributed by atoms with Gasteiger partial charge in [-0.1, -0.05) is 0 Å². The minimum atomic E-state index is 0.399. The van der Waals surface area contributed by atoms with Gasteiger partial charge in [0, 0.05) is 12.6 Å². The first-order chi connectivity index (χ1) is 5.73. The van der Waals surface area contributed by atoms with Crippen LogP contribution in [0.4, 0.5) is 0 Å². The highest BCUT2D eigenvalue weighted by Crippen LogP contribution is 2.58. The van der Waals surface area contributed by atoms with Crippen LogP contribution in [0.15, 0.2) is 0 Å². The Morgan fingerprint density at radius 3 is 3.08 bits per heavy atom. The Labute approximate surface area is 74.9 Å². The summed E-state index contributed by atoms with van der Waals surface area (Å²) in [6.07, 6.45) is 5.48. The van der Waals surface area contributed by atoms with Crippen molar-refractivity contribution in [1.82, 2.24) is 5.32 Å². The Bertz CT molecular complexity index is 159. The van der Waals surface area contributed by atoms with Gasteiger partial charge in [0.2, 0.25) is 0 Å². The lowest BCUT2D eigenvalue weighted by atomic mass is 9.92. The van der Waals surface area contributed by atoms with Crippen LogP contribution >= 0.6 is 0 Å². The lowest BCUT2D eigenvalue weighted by Crippen LogP contribution is -2.33. The summed E-state index contributed by atoms with van der Waals surface area (Å²) in [7, 11) is 0. The van der Waals surface area contributed by atoms with Crippen molar-refractivity contribution in [3.8, 4) is 0 Å². The lowest BCUT2D eigenvalue weighted by Gasteiger charge is -2.24. The van der Waals surface area contributed by atoms with Crippen LogP contribution in [-0.4, -0.2) is 19.1 Å². The predicted molar refractivity (Wildman–Crippen MR) is 50.9 cm³/mol. The second-order valence-electron chi connectivity index (χ2n) is 4.76. The van der Waals surface area contributed by atoms with E-state index in [-0.39, 0.29) is 0 Å². The van der Waals surface area contributed by atoms with Crippen molar-refractivity contribution in [2.45, 2.75) is 38.6 Å². The van der Waals surface area contributed by atoms with E-state index < -0.39 is 0 Å². The highest BCUT2D eigenvalue weighted by molar-refractivity contribution is 5.05. The number of rotatable bonds is 2. The van der Waals surface area contributed by atoms with Crippen LogP contribution in [-0.2, 0) is 0 Å². The molecular weight excluding hydrogens is 148 g/mol. The van der Waals surface area contributed by atoms with Crippen molar-refractivity contribution >= 4 is 0 Å². The molecule has 3 unspecified atom stereocenters. The molecule has 2 rings (SSSR count). The maximum atomic E-state index is 5.80. The van der Waals surface area contributed by atoms with Gasteiger partial charge in [-0.15, -0.1) is 0 Å². The molecule has 0 radical (unpaired) electrons. The number of nitrogens with two attached hydrogens (primary N) is 1. The predicted octanol–water partition coefficient (Wildman–Crippen LogP) is 1.11. The first-order valence-corrected chi connectivity index (χ1v) is 5.19. The molecule has 2 fully saturated rings. The zero-order valence-corrected chi connectivity index (χ0v) is 7.97. The molecule has 3 atom stereocenters. The molecule has 0 aromatic heterocycles. The number of nitrogens with one attached hydrogen (secondary N) is 1. The summed E-state index contributed by atoms with van der Waals surface area (Å²) in [5.41, 5.74) is 6.49. The molecule has 1 aliphatic carbocycles. The van der Waals surface area contributed by atoms with Gasteiger partial charge in [-0.25, -0.2) is 0 Å². The SMILES string of the molecule is CC(N)CC1CC12CCCNC2. The van der Waals surface area contributed by atoms with Crippen LogP contribution in [0, 0.1) is 11.3 Å². The Kier molecular flexibility index (Phi) is 2.13. The third-order valence-electron chi connectivity index (χ3n) is 3.52. The molecule has 1 heterocycles. The largest absolute Gasteiger partial charge is 0.328 e. The van der Waals surface area contributed by atoms with Crippen LogP contribution in [0.25, 0.3) is 0 Å². The van der Waals surface area contributed by atoms with Gasteiger partial charge in [0.25, 0.3) is 0 Å². The number of piperidine rings is 1. The van der Waals surface area contributed by atoms with Crippen LogP contribution in [0.3, 0.4) is 0 Å². The highest BCUT2D eigenvalue weighted by Gasteiger charge is 2.53. The van der Waals surface area contributed by atoms with Gasteiger partial charge in [0.15, 0.2) is 0 Å². The highest BCUT2D eigenvalue weighted by atomic mass is 14.9. The van der Waals surface area contributed by atoms with Crippen LogP contribution in [0.1, 0.15) is 32.6 Å². The normalized spacial score (nSPS) is 43.0. The van der Waals surface area contributed by atoms with Gasteiger partial charge in [0.05, 0.1) is 0 Å². The molecule has 1 saturated carbocycles. The number of hydrogen-bond donors (Lipinski definition) is 2. The van der Waals surface area contributed by atoms with E-state index in [2.05, 4.69) is 12.2 Å². The van der Waals surface area contributed by atoms with Gasteiger partial charge in [-0.05, 0) is 50.5 Å². The van der Waals surface area contributed by atoms with Crippen LogP contribution < -0.4 is 11.1 Å². The summed E-state index contributed by atoms with van der Waals surface area (Å²) < 4.78 is 0. The maximum Gasteiger partial charge on any atom is 0.00133 e. The van der Waals surface area contributed by atoms with E-state index in [4.69, 9.17) is 5.73 Å². The fraction of sp³-hybridized carbons (Fsp3) is 1.00. The summed E-state index contributed by atoms with van der Waals surface area (Å²) >= 11 is 0. The molecule has 1 saturated heterocycles. The van der Waals surface area contributed by atoms with Crippen molar-refractivity contribution < 1.29 is 0 Å². The van der Waals surface area contributed by atoms with E-state index in [9.17, 15) is 0 Å². The topological polar surface area (TPSA) is 38.0 Å². The third-order valence-corrected chi connectivity index (χ3v) is 3.52. The molecule has 12 heavy (non-hydrogen) atoms. The Morgan fingerprint density at radius 2 is 2.50 bits per heavy atom. The van der Waals surface area contributed by atoms with E-state index in [0.717, 1.165) is 5.92 Å². The van der Waals surface area contributed by atoms with E-state index in [0.29, 0.717) is 11.5 Å². The second kappa shape index (κ2) is 3.00. The Morgan fingerprint density at radius 1 is 1.67 bits per heavy atom. The number of hydrogen-bond acceptors (Lipinski definition) is 2. The fourth-order valence-corrected chi connectivity index (χ4v) is 2.73. The molecule has 0 aromatic carbocycles. The van der Waals surface area contributed by atoms with Gasteiger partial charge in [-0.3, -0.25) is 0 Å². The van der Waals surface area contributed by atoms with Gasteiger partial charge in [-0.2, -0.15) is 0 Å². The molecule has 3 N–H and O–H groups in total. The lowest BCUT2D eigenvalue weighted by molar-refractivity contribution is 0.317. The van der Waals surface area contributed by atoms with Gasteiger partial charge >= 0.3 is 0 Å². The Balaban J connectivity index is 1.83. The van der Waals surface area contributed by atoms with Crippen molar-refractivity contribution in [3.05, 3.63) is 0 Å². The minimum absolute atomic E-state index is 0.399. The summed E-state index contributed by atoms with van der Waals surface area (Å²) in [5.74, 6) is 0.935.